The van der Waals surface area contributed by atoms with Crippen molar-refractivity contribution in [2.75, 3.05) is 6.54 Å². The van der Waals surface area contributed by atoms with Gasteiger partial charge in [0.2, 0.25) is 23.5 Å². The average molecular weight is 1040 g/mol. The Hall–Kier alpha value is -8.26. The highest BCUT2D eigenvalue weighted by molar-refractivity contribution is 6.32. The molecule has 378 valence electrons. The lowest BCUT2D eigenvalue weighted by Gasteiger charge is -2.18. The number of ether oxygens (including phenoxy) is 4. The third-order valence-corrected chi connectivity index (χ3v) is 12.1. The van der Waals surface area contributed by atoms with E-state index in [4.69, 9.17) is 65.5 Å². The highest BCUT2D eigenvalue weighted by atomic mass is 35.5. The van der Waals surface area contributed by atoms with Crippen molar-refractivity contribution in [2.24, 2.45) is 0 Å². The van der Waals surface area contributed by atoms with Crippen molar-refractivity contribution in [3.05, 3.63) is 173 Å². The zero-order chi connectivity index (χ0) is 53.3. The van der Waals surface area contributed by atoms with Crippen LogP contribution in [0, 0.1) is 49.7 Å². The largest absolute Gasteiger partial charge is 0.481 e. The summed E-state index contributed by atoms with van der Waals surface area (Å²) in [4.78, 5) is 38.4. The summed E-state index contributed by atoms with van der Waals surface area (Å²) in [5.41, 5.74) is 8.65. The molecule has 0 saturated heterocycles. The fourth-order valence-electron chi connectivity index (χ4n) is 7.86. The van der Waals surface area contributed by atoms with Gasteiger partial charge in [-0.25, -0.2) is 9.69 Å². The standard InChI is InChI=1S/C55H49Cl2N7O10/c1-32-39(30-73-54-48(56)20-38(8-5-11-44(65)22-50(67)68)52(63-54)71-28-36-14-34(24-58)16-42(18-36)60-3)9-6-12-46(32)47-13-7-10-40(33(47)2)31-74-55-49(57)21-41(26-62-27-45(66)23-51(69)70)53(64-55)72-29-37-15-35(25-59)17-43(19-37)61-4/h6-7,9-10,12-21,44-45,62,65-66H,5,8,11,22-23,26-31H2,1-2H3,(H,67,68)(H,69,70)/t44-,45+/m1/s1. The van der Waals surface area contributed by atoms with E-state index in [1.807, 2.05) is 56.3 Å². The summed E-state index contributed by atoms with van der Waals surface area (Å²) in [5.74, 6) is -1.79. The lowest BCUT2D eigenvalue weighted by atomic mass is 9.92. The summed E-state index contributed by atoms with van der Waals surface area (Å²) in [7, 11) is 0. The van der Waals surface area contributed by atoms with E-state index in [1.165, 1.54) is 12.1 Å². The van der Waals surface area contributed by atoms with E-state index in [9.17, 15) is 30.3 Å². The predicted molar refractivity (Wildman–Crippen MR) is 273 cm³/mol. The number of carbonyl (C=O) groups is 2. The highest BCUT2D eigenvalue weighted by Crippen LogP contribution is 2.36. The fraction of sp³-hybridized carbons (Fsp3) is 0.273. The van der Waals surface area contributed by atoms with Gasteiger partial charge in [-0.1, -0.05) is 59.6 Å². The normalized spacial score (nSPS) is 11.5. The number of nitriles is 2. The van der Waals surface area contributed by atoms with Crippen molar-refractivity contribution in [1.29, 1.82) is 10.5 Å². The van der Waals surface area contributed by atoms with Gasteiger partial charge in [-0.2, -0.15) is 20.5 Å². The Balaban J connectivity index is 1.20. The van der Waals surface area contributed by atoms with Gasteiger partial charge in [-0.05, 0) is 126 Å². The maximum atomic E-state index is 11.1. The van der Waals surface area contributed by atoms with E-state index in [2.05, 4.69) is 31.0 Å². The molecule has 0 amide bonds. The quantitative estimate of drug-likeness (QED) is 0.0335. The van der Waals surface area contributed by atoms with Crippen LogP contribution in [0.5, 0.6) is 23.5 Å². The molecule has 0 aliphatic heterocycles. The summed E-state index contributed by atoms with van der Waals surface area (Å²) < 4.78 is 24.8. The molecular weight excluding hydrogens is 990 g/mol. The Morgan fingerprint density at radius 1 is 0.649 bits per heavy atom. The molecule has 2 aromatic heterocycles. The SMILES string of the molecule is [C-]#[N+]c1cc(C#N)cc(COc2nc(OCc3cccc(-c4cccc(COc5nc(OCc6cc(C#N)cc([N+]#[C-])c6)c(CNC[C@@H](O)CC(=O)O)cc5Cl)c4C)c3C)c(Cl)cc2CCC[C@@H](O)CC(=O)O)c1. The van der Waals surface area contributed by atoms with Crippen molar-refractivity contribution in [2.45, 2.75) is 91.1 Å². The Labute approximate surface area is 437 Å². The number of carboxylic acids is 2. The van der Waals surface area contributed by atoms with Gasteiger partial charge in [0.25, 0.3) is 0 Å². The minimum Gasteiger partial charge on any atom is -0.481 e. The number of benzene rings is 4. The lowest BCUT2D eigenvalue weighted by molar-refractivity contribution is -0.140. The number of pyridine rings is 2. The summed E-state index contributed by atoms with van der Waals surface area (Å²) in [6, 6.07) is 28.4. The number of carboxylic acid groups (broad SMARTS) is 2. The molecule has 0 radical (unpaired) electrons. The smallest absolute Gasteiger partial charge is 0.306 e. The third-order valence-electron chi connectivity index (χ3n) is 11.6. The first kappa shape index (κ1) is 55.1. The van der Waals surface area contributed by atoms with Crippen LogP contribution in [0.1, 0.15) is 81.3 Å². The first-order chi connectivity index (χ1) is 35.6. The molecule has 19 heteroatoms. The number of aromatic nitrogens is 2. The molecule has 2 atom stereocenters. The molecule has 2 heterocycles. The van der Waals surface area contributed by atoms with Gasteiger partial charge in [-0.15, -0.1) is 0 Å². The number of aliphatic carboxylic acids is 2. The van der Waals surface area contributed by atoms with Gasteiger partial charge in [-0.3, -0.25) is 9.59 Å². The molecular formula is C55H49Cl2N7O10. The van der Waals surface area contributed by atoms with E-state index in [0.717, 1.165) is 33.4 Å². The van der Waals surface area contributed by atoms with Crippen LogP contribution in [0.4, 0.5) is 11.4 Å². The van der Waals surface area contributed by atoms with Crippen molar-refractivity contribution in [3.63, 3.8) is 0 Å². The van der Waals surface area contributed by atoms with Crippen molar-refractivity contribution in [3.8, 4) is 46.8 Å². The van der Waals surface area contributed by atoms with Crippen LogP contribution < -0.4 is 24.3 Å². The molecule has 0 fully saturated rings. The molecule has 0 aliphatic carbocycles. The molecule has 6 rings (SSSR count). The molecule has 74 heavy (non-hydrogen) atoms. The number of rotatable bonds is 25. The fourth-order valence-corrected chi connectivity index (χ4v) is 8.31. The van der Waals surface area contributed by atoms with E-state index < -0.39 is 30.6 Å². The summed E-state index contributed by atoms with van der Waals surface area (Å²) in [6.45, 7) is 18.9. The van der Waals surface area contributed by atoms with Crippen LogP contribution in [0.15, 0.2) is 84.9 Å². The Morgan fingerprint density at radius 3 is 1.58 bits per heavy atom. The second-order valence-corrected chi connectivity index (χ2v) is 17.9. The number of hydrogen-bond donors (Lipinski definition) is 5. The molecule has 0 unspecified atom stereocenters. The number of aliphatic hydroxyl groups is 2. The molecule has 5 N–H and O–H groups in total. The van der Waals surface area contributed by atoms with Crippen molar-refractivity contribution < 1.29 is 49.0 Å². The molecule has 0 bridgehead atoms. The predicted octanol–water partition coefficient (Wildman–Crippen LogP) is 10.3. The Bertz CT molecular complexity index is 2940. The minimum absolute atomic E-state index is 0.0353. The third kappa shape index (κ3) is 15.4. The van der Waals surface area contributed by atoms with Crippen LogP contribution in [0.25, 0.3) is 20.8 Å². The monoisotopic (exact) mass is 1040 g/mol. The number of aliphatic hydroxyl groups excluding tert-OH is 2. The van der Waals surface area contributed by atoms with Crippen LogP contribution >= 0.6 is 23.2 Å². The zero-order valence-corrected chi connectivity index (χ0v) is 41.7. The molecule has 0 spiro atoms. The van der Waals surface area contributed by atoms with E-state index in [-0.39, 0.29) is 103 Å². The number of halogens is 2. The summed E-state index contributed by atoms with van der Waals surface area (Å²) >= 11 is 13.5. The van der Waals surface area contributed by atoms with E-state index in [0.29, 0.717) is 40.7 Å². The summed E-state index contributed by atoms with van der Waals surface area (Å²) in [6.07, 6.45) is -2.06. The van der Waals surface area contributed by atoms with Gasteiger partial charge in [0.05, 0.1) is 50.3 Å². The van der Waals surface area contributed by atoms with Crippen LogP contribution in [-0.4, -0.2) is 61.1 Å². The Kier molecular flexibility index (Phi) is 19.7. The van der Waals surface area contributed by atoms with Gasteiger partial charge >= 0.3 is 11.9 Å². The number of nitrogens with zero attached hydrogens (tertiary/aromatic N) is 6. The van der Waals surface area contributed by atoms with Gasteiger partial charge in [0, 0.05) is 35.3 Å². The van der Waals surface area contributed by atoms with Gasteiger partial charge < -0.3 is 44.7 Å². The molecule has 4 aromatic carbocycles. The van der Waals surface area contributed by atoms with E-state index >= 15 is 0 Å². The number of aryl methyl sites for hydroxylation is 1. The summed E-state index contributed by atoms with van der Waals surface area (Å²) in [5, 5.41) is 60.8. The first-order valence-electron chi connectivity index (χ1n) is 23.0. The van der Waals surface area contributed by atoms with Crippen LogP contribution in [0.3, 0.4) is 0 Å². The second kappa shape index (κ2) is 26.4. The van der Waals surface area contributed by atoms with Crippen LogP contribution in [0.2, 0.25) is 10.0 Å². The van der Waals surface area contributed by atoms with Crippen molar-refractivity contribution in [1.82, 2.24) is 15.3 Å². The second-order valence-electron chi connectivity index (χ2n) is 17.1. The number of nitrogens with one attached hydrogen (secondary N) is 1. The molecule has 0 aliphatic rings. The average Bonchev–Trinajstić information content (AvgIpc) is 3.37. The van der Waals surface area contributed by atoms with Crippen molar-refractivity contribution >= 4 is 46.5 Å². The lowest BCUT2D eigenvalue weighted by Crippen LogP contribution is -2.28. The maximum Gasteiger partial charge on any atom is 0.306 e. The minimum atomic E-state index is -1.15. The Morgan fingerprint density at radius 2 is 1.11 bits per heavy atom. The molecule has 17 nitrogen and oxygen atoms in total. The van der Waals surface area contributed by atoms with Crippen LogP contribution in [-0.2, 0) is 49.0 Å². The van der Waals surface area contributed by atoms with Gasteiger partial charge in [0.1, 0.15) is 36.5 Å². The van der Waals surface area contributed by atoms with Gasteiger partial charge in [0.15, 0.2) is 11.4 Å². The number of hydrogen-bond acceptors (Lipinski definition) is 13. The molecule has 0 saturated carbocycles. The van der Waals surface area contributed by atoms with E-state index in [1.54, 1.807) is 36.4 Å². The highest BCUT2D eigenvalue weighted by Gasteiger charge is 2.20. The molecule has 6 aromatic rings. The maximum absolute atomic E-state index is 11.1. The first-order valence-corrected chi connectivity index (χ1v) is 23.7. The topological polar surface area (TPSA) is 246 Å². The zero-order valence-electron chi connectivity index (χ0n) is 40.2.